The summed E-state index contributed by atoms with van der Waals surface area (Å²) in [5, 5.41) is 37.5. The number of carbonyl (C=O) groups excluding carboxylic acids is 1. The third kappa shape index (κ3) is 5.24. The van der Waals surface area contributed by atoms with Gasteiger partial charge in [-0.2, -0.15) is 4.98 Å². The van der Waals surface area contributed by atoms with Crippen molar-refractivity contribution in [1.29, 1.82) is 0 Å². The van der Waals surface area contributed by atoms with Gasteiger partial charge in [-0.3, -0.25) is 24.8 Å². The van der Waals surface area contributed by atoms with Crippen LogP contribution in [0.25, 0.3) is 0 Å². The summed E-state index contributed by atoms with van der Waals surface area (Å²) >= 11 is 0. The molecule has 0 radical (unpaired) electrons. The quantitative estimate of drug-likeness (QED) is 0.192. The zero-order valence-corrected chi connectivity index (χ0v) is 14.7. The third-order valence-corrected chi connectivity index (χ3v) is 4.15. The van der Waals surface area contributed by atoms with E-state index in [1.807, 2.05) is 0 Å². The van der Waals surface area contributed by atoms with Crippen LogP contribution in [0.2, 0.25) is 0 Å². The summed E-state index contributed by atoms with van der Waals surface area (Å²) in [6, 6.07) is 0.205. The zero-order valence-electron chi connectivity index (χ0n) is 14.7. The highest BCUT2D eigenvalue weighted by molar-refractivity contribution is 5.75. The minimum absolute atomic E-state index is 0.108. The van der Waals surface area contributed by atoms with Gasteiger partial charge in [0.15, 0.2) is 12.0 Å². The third-order valence-electron chi connectivity index (χ3n) is 4.15. The first-order valence-corrected chi connectivity index (χ1v) is 8.39. The number of nitrogens with two attached hydrogens (primary N) is 1. The Morgan fingerprint density at radius 1 is 1.39 bits per heavy atom. The molecule has 1 aliphatic heterocycles. The number of ether oxygens (including phenoxy) is 2. The molecule has 0 unspecified atom stereocenters. The SMILES string of the molecule is N[C@H](CCCC(=O)O)C(=O)OC[C@H]1O[C@@H](n2ccc(NO)nc2=O)[C@H](O)[C@@H]1O. The van der Waals surface area contributed by atoms with Crippen molar-refractivity contribution >= 4 is 17.8 Å². The number of carboxylic acid groups (broad SMARTS) is 1. The van der Waals surface area contributed by atoms with Gasteiger partial charge in [0.2, 0.25) is 0 Å². The second-order valence-electron chi connectivity index (χ2n) is 6.18. The molecule has 1 aliphatic rings. The van der Waals surface area contributed by atoms with E-state index in [9.17, 15) is 24.6 Å². The van der Waals surface area contributed by atoms with Crippen LogP contribution in [-0.2, 0) is 19.1 Å². The molecule has 2 rings (SSSR count). The number of nitrogens with zero attached hydrogens (tertiary/aromatic N) is 2. The maximum Gasteiger partial charge on any atom is 0.351 e. The van der Waals surface area contributed by atoms with Gasteiger partial charge in [-0.1, -0.05) is 0 Å². The number of anilines is 1. The van der Waals surface area contributed by atoms with E-state index in [0.717, 1.165) is 4.57 Å². The first kappa shape index (κ1) is 21.7. The topological polar surface area (TPSA) is 206 Å². The fourth-order valence-electron chi connectivity index (χ4n) is 2.63. The Hall–Kier alpha value is -2.58. The van der Waals surface area contributed by atoms with Crippen molar-refractivity contribution in [2.75, 3.05) is 12.1 Å². The van der Waals surface area contributed by atoms with Crippen molar-refractivity contribution in [2.45, 2.75) is 49.8 Å². The fraction of sp³-hybridized carbons (Fsp3) is 0.600. The summed E-state index contributed by atoms with van der Waals surface area (Å²) in [6.07, 6.45) is -3.99. The van der Waals surface area contributed by atoms with Gasteiger partial charge in [-0.05, 0) is 18.9 Å². The molecule has 0 bridgehead atoms. The maximum atomic E-state index is 11.9. The number of hydrogen-bond donors (Lipinski definition) is 6. The van der Waals surface area contributed by atoms with Gasteiger partial charge in [0.05, 0.1) is 0 Å². The fourth-order valence-corrected chi connectivity index (χ4v) is 2.63. The Morgan fingerprint density at radius 2 is 2.11 bits per heavy atom. The van der Waals surface area contributed by atoms with Gasteiger partial charge in [-0.15, -0.1) is 0 Å². The molecule has 0 amide bonds. The van der Waals surface area contributed by atoms with Crippen molar-refractivity contribution in [3.05, 3.63) is 22.7 Å². The highest BCUT2D eigenvalue weighted by atomic mass is 16.6. The highest BCUT2D eigenvalue weighted by Gasteiger charge is 2.44. The van der Waals surface area contributed by atoms with Crippen molar-refractivity contribution in [1.82, 2.24) is 9.55 Å². The number of aromatic nitrogens is 2. The predicted octanol–water partition coefficient (Wildman–Crippen LogP) is -2.21. The van der Waals surface area contributed by atoms with Gasteiger partial charge in [0, 0.05) is 12.6 Å². The maximum absolute atomic E-state index is 11.9. The van der Waals surface area contributed by atoms with Crippen molar-refractivity contribution < 1.29 is 39.6 Å². The van der Waals surface area contributed by atoms with Gasteiger partial charge < -0.3 is 30.5 Å². The van der Waals surface area contributed by atoms with Crippen LogP contribution < -0.4 is 16.9 Å². The van der Waals surface area contributed by atoms with Crippen LogP contribution >= 0.6 is 0 Å². The van der Waals surface area contributed by atoms with E-state index in [-0.39, 0.29) is 25.1 Å². The number of aliphatic carboxylic acids is 1. The van der Waals surface area contributed by atoms with Crippen LogP contribution in [0.3, 0.4) is 0 Å². The molecule has 7 N–H and O–H groups in total. The van der Waals surface area contributed by atoms with E-state index < -0.39 is 54.8 Å². The van der Waals surface area contributed by atoms with Crippen LogP contribution in [0.5, 0.6) is 0 Å². The molecule has 1 aromatic rings. The molecule has 28 heavy (non-hydrogen) atoms. The van der Waals surface area contributed by atoms with E-state index in [2.05, 4.69) is 4.98 Å². The molecule has 0 aliphatic carbocycles. The van der Waals surface area contributed by atoms with E-state index in [1.54, 1.807) is 5.48 Å². The molecule has 1 aromatic heterocycles. The minimum Gasteiger partial charge on any atom is -0.481 e. The predicted molar refractivity (Wildman–Crippen MR) is 90.3 cm³/mol. The summed E-state index contributed by atoms with van der Waals surface area (Å²) in [6.45, 7) is -0.432. The van der Waals surface area contributed by atoms with E-state index in [4.69, 9.17) is 25.5 Å². The summed E-state index contributed by atoms with van der Waals surface area (Å²) in [4.78, 5) is 37.7. The molecule has 5 atom stereocenters. The van der Waals surface area contributed by atoms with Crippen LogP contribution in [0, 0.1) is 0 Å². The summed E-state index contributed by atoms with van der Waals surface area (Å²) in [5.74, 6) is -1.93. The van der Waals surface area contributed by atoms with Gasteiger partial charge in [0.1, 0.15) is 31.0 Å². The average molecular weight is 402 g/mol. The molecular formula is C15H22N4O9. The van der Waals surface area contributed by atoms with E-state index >= 15 is 0 Å². The number of nitrogens with one attached hydrogen (secondary N) is 1. The van der Waals surface area contributed by atoms with Crippen molar-refractivity contribution in [3.63, 3.8) is 0 Å². The smallest absolute Gasteiger partial charge is 0.351 e. The summed E-state index contributed by atoms with van der Waals surface area (Å²) in [7, 11) is 0. The van der Waals surface area contributed by atoms with Crippen LogP contribution in [0.4, 0.5) is 5.82 Å². The Bertz CT molecular complexity index is 755. The van der Waals surface area contributed by atoms with Crippen LogP contribution in [0.15, 0.2) is 17.1 Å². The molecule has 1 fully saturated rings. The lowest BCUT2D eigenvalue weighted by Crippen LogP contribution is -2.38. The Morgan fingerprint density at radius 3 is 2.71 bits per heavy atom. The van der Waals surface area contributed by atoms with Gasteiger partial charge in [0.25, 0.3) is 0 Å². The first-order chi connectivity index (χ1) is 13.2. The van der Waals surface area contributed by atoms with Crippen molar-refractivity contribution in [3.8, 4) is 0 Å². The minimum atomic E-state index is -1.50. The van der Waals surface area contributed by atoms with Crippen LogP contribution in [0.1, 0.15) is 25.5 Å². The number of esters is 1. The molecule has 2 heterocycles. The van der Waals surface area contributed by atoms with Gasteiger partial charge in [-0.25, -0.2) is 4.79 Å². The normalized spacial score (nSPS) is 25.3. The monoisotopic (exact) mass is 402 g/mol. The number of aliphatic hydroxyl groups is 2. The molecule has 0 saturated carbocycles. The molecule has 0 aromatic carbocycles. The highest BCUT2D eigenvalue weighted by Crippen LogP contribution is 2.28. The first-order valence-electron chi connectivity index (χ1n) is 8.39. The lowest BCUT2D eigenvalue weighted by atomic mass is 10.1. The number of carbonyl (C=O) groups is 2. The average Bonchev–Trinajstić information content (AvgIpc) is 2.93. The number of carboxylic acids is 1. The molecule has 13 heteroatoms. The number of aliphatic hydroxyl groups excluding tert-OH is 2. The second-order valence-corrected chi connectivity index (χ2v) is 6.18. The lowest BCUT2D eigenvalue weighted by Gasteiger charge is -2.17. The standard InChI is InChI=1S/C15H22N4O9/c16-7(2-1-3-10(20)21)14(24)27-6-8-11(22)12(23)13(28-8)19-5-4-9(18-26)17-15(19)25/h4-5,7-8,11-13,22-23,26H,1-3,6,16H2,(H,20,21)(H,17,18,25)/t7-,8-,11-,12-,13-/m1/s1. The number of rotatable bonds is 9. The molecule has 156 valence electrons. The van der Waals surface area contributed by atoms with Gasteiger partial charge >= 0.3 is 17.6 Å². The molecule has 1 saturated heterocycles. The second kappa shape index (κ2) is 9.57. The molecule has 13 nitrogen and oxygen atoms in total. The largest absolute Gasteiger partial charge is 0.481 e. The zero-order chi connectivity index (χ0) is 20.8. The summed E-state index contributed by atoms with van der Waals surface area (Å²) < 4.78 is 11.3. The van der Waals surface area contributed by atoms with E-state index in [1.165, 1.54) is 12.3 Å². The number of hydrogen-bond acceptors (Lipinski definition) is 11. The molecule has 0 spiro atoms. The van der Waals surface area contributed by atoms with Crippen LogP contribution in [-0.4, -0.2) is 73.0 Å². The Balaban J connectivity index is 1.92. The van der Waals surface area contributed by atoms with Crippen molar-refractivity contribution in [2.24, 2.45) is 5.73 Å². The lowest BCUT2D eigenvalue weighted by molar-refractivity contribution is -0.152. The van der Waals surface area contributed by atoms with E-state index in [0.29, 0.717) is 0 Å². The molecular weight excluding hydrogens is 380 g/mol. The Kier molecular flexibility index (Phi) is 7.42. The summed E-state index contributed by atoms with van der Waals surface area (Å²) in [5.41, 5.74) is 6.46. The Labute approximate surface area is 158 Å².